The third-order valence-corrected chi connectivity index (χ3v) is 2.67. The Morgan fingerprint density at radius 2 is 2.12 bits per heavy atom. The molecule has 88 valence electrons. The third kappa shape index (κ3) is 2.44. The summed E-state index contributed by atoms with van der Waals surface area (Å²) < 4.78 is 5.09. The first kappa shape index (κ1) is 11.2. The number of phenolic OH excluding ortho intramolecular Hbond substituents is 2. The van der Waals surface area contributed by atoms with E-state index in [0.717, 1.165) is 0 Å². The summed E-state index contributed by atoms with van der Waals surface area (Å²) in [6.45, 7) is 1.25. The van der Waals surface area contributed by atoms with Gasteiger partial charge in [-0.15, -0.1) is 0 Å². The van der Waals surface area contributed by atoms with Crippen molar-refractivity contribution in [2.75, 3.05) is 13.2 Å². The smallest absolute Gasteiger partial charge is 0.123 e. The van der Waals surface area contributed by atoms with Gasteiger partial charge in [0, 0.05) is 18.2 Å². The van der Waals surface area contributed by atoms with E-state index in [-0.39, 0.29) is 17.5 Å². The third-order valence-electron chi connectivity index (χ3n) is 2.67. The maximum atomic E-state index is 9.54. The van der Waals surface area contributed by atoms with Crippen LogP contribution in [0.3, 0.4) is 0 Å². The summed E-state index contributed by atoms with van der Waals surface area (Å²) in [4.78, 5) is 0. The summed E-state index contributed by atoms with van der Waals surface area (Å²) in [7, 11) is 0. The van der Waals surface area contributed by atoms with E-state index in [2.05, 4.69) is 5.32 Å². The molecule has 1 aliphatic rings. The Balaban J connectivity index is 1.94. The van der Waals surface area contributed by atoms with Crippen molar-refractivity contribution in [3.63, 3.8) is 0 Å². The van der Waals surface area contributed by atoms with E-state index >= 15 is 0 Å². The van der Waals surface area contributed by atoms with Crippen molar-refractivity contribution in [3.8, 4) is 11.5 Å². The minimum absolute atomic E-state index is 0.0329. The van der Waals surface area contributed by atoms with Crippen LogP contribution < -0.4 is 5.32 Å². The largest absolute Gasteiger partial charge is 0.508 e. The molecule has 0 spiro atoms. The number of aliphatic hydroxyl groups excluding tert-OH is 1. The monoisotopic (exact) mass is 225 g/mol. The van der Waals surface area contributed by atoms with Crippen molar-refractivity contribution in [2.24, 2.45) is 0 Å². The van der Waals surface area contributed by atoms with Gasteiger partial charge in [0.15, 0.2) is 0 Å². The van der Waals surface area contributed by atoms with Crippen LogP contribution in [-0.2, 0) is 11.3 Å². The first-order valence-corrected chi connectivity index (χ1v) is 5.17. The molecule has 2 atom stereocenters. The van der Waals surface area contributed by atoms with Crippen LogP contribution in [0.1, 0.15) is 5.56 Å². The molecule has 1 aromatic carbocycles. The Kier molecular flexibility index (Phi) is 3.28. The number of nitrogens with one attached hydrogen (secondary N) is 1. The van der Waals surface area contributed by atoms with Crippen molar-refractivity contribution in [2.45, 2.75) is 18.7 Å². The Morgan fingerprint density at radius 3 is 2.75 bits per heavy atom. The van der Waals surface area contributed by atoms with Gasteiger partial charge >= 0.3 is 0 Å². The fourth-order valence-electron chi connectivity index (χ4n) is 1.68. The molecule has 0 aromatic heterocycles. The van der Waals surface area contributed by atoms with Gasteiger partial charge in [0.05, 0.1) is 25.4 Å². The Bertz CT molecular complexity index is 369. The molecule has 4 N–H and O–H groups in total. The van der Waals surface area contributed by atoms with Crippen molar-refractivity contribution >= 4 is 0 Å². The van der Waals surface area contributed by atoms with Crippen LogP contribution in [0.5, 0.6) is 11.5 Å². The predicted molar refractivity (Wildman–Crippen MR) is 57.2 cm³/mol. The van der Waals surface area contributed by atoms with Gasteiger partial charge in [-0.1, -0.05) is 6.07 Å². The van der Waals surface area contributed by atoms with Crippen LogP contribution in [0.15, 0.2) is 18.2 Å². The van der Waals surface area contributed by atoms with Crippen LogP contribution in [0.2, 0.25) is 0 Å². The number of phenols is 2. The maximum absolute atomic E-state index is 9.54. The second-order valence-electron chi connectivity index (χ2n) is 3.91. The molecular weight excluding hydrogens is 210 g/mol. The fraction of sp³-hybridized carbons (Fsp3) is 0.455. The van der Waals surface area contributed by atoms with Crippen LogP contribution in [-0.4, -0.2) is 40.7 Å². The van der Waals surface area contributed by atoms with E-state index < -0.39 is 6.10 Å². The second-order valence-corrected chi connectivity index (χ2v) is 3.91. The van der Waals surface area contributed by atoms with Crippen molar-refractivity contribution in [1.29, 1.82) is 0 Å². The van der Waals surface area contributed by atoms with Gasteiger partial charge in [0.2, 0.25) is 0 Å². The molecule has 1 aromatic rings. The molecule has 1 fully saturated rings. The molecule has 0 bridgehead atoms. The number of aliphatic hydroxyl groups is 1. The van der Waals surface area contributed by atoms with E-state index in [1.54, 1.807) is 6.07 Å². The molecule has 5 heteroatoms. The standard InChI is InChI=1S/C11H15NO4/c13-8-2-1-7(10(14)3-8)4-12-9-5-16-6-11(9)15/h1-3,9,11-15H,4-6H2. The van der Waals surface area contributed by atoms with Crippen LogP contribution in [0, 0.1) is 0 Å². The molecular formula is C11H15NO4. The first-order valence-electron chi connectivity index (χ1n) is 5.17. The number of benzene rings is 1. The Labute approximate surface area is 93.3 Å². The molecule has 0 amide bonds. The zero-order chi connectivity index (χ0) is 11.5. The molecule has 1 aliphatic heterocycles. The van der Waals surface area contributed by atoms with Gasteiger partial charge in [-0.3, -0.25) is 0 Å². The highest BCUT2D eigenvalue weighted by atomic mass is 16.5. The summed E-state index contributed by atoms with van der Waals surface area (Å²) in [5.41, 5.74) is 0.678. The number of hydrogen-bond acceptors (Lipinski definition) is 5. The normalized spacial score (nSPS) is 24.8. The van der Waals surface area contributed by atoms with Crippen LogP contribution >= 0.6 is 0 Å². The minimum Gasteiger partial charge on any atom is -0.508 e. The summed E-state index contributed by atoms with van der Waals surface area (Å²) in [5, 5.41) is 31.2. The molecule has 0 aliphatic carbocycles. The fourth-order valence-corrected chi connectivity index (χ4v) is 1.68. The minimum atomic E-state index is -0.501. The van der Waals surface area contributed by atoms with Crippen LogP contribution in [0.4, 0.5) is 0 Å². The lowest BCUT2D eigenvalue weighted by Crippen LogP contribution is -2.38. The lowest BCUT2D eigenvalue weighted by atomic mass is 10.1. The molecule has 1 saturated heterocycles. The first-order chi connectivity index (χ1) is 7.66. The lowest BCUT2D eigenvalue weighted by molar-refractivity contribution is 0.122. The number of hydrogen-bond donors (Lipinski definition) is 4. The molecule has 2 rings (SSSR count). The van der Waals surface area contributed by atoms with E-state index in [4.69, 9.17) is 9.84 Å². The Hall–Kier alpha value is -1.30. The quantitative estimate of drug-likeness (QED) is 0.579. The number of rotatable bonds is 3. The van der Waals surface area contributed by atoms with Gasteiger partial charge < -0.3 is 25.4 Å². The van der Waals surface area contributed by atoms with Gasteiger partial charge in [-0.2, -0.15) is 0 Å². The highest BCUT2D eigenvalue weighted by molar-refractivity contribution is 5.38. The van der Waals surface area contributed by atoms with E-state index in [1.807, 2.05) is 0 Å². The predicted octanol–water partition coefficient (Wildman–Crippen LogP) is -0.0529. The summed E-state index contributed by atoms with van der Waals surface area (Å²) in [6.07, 6.45) is -0.501. The highest BCUT2D eigenvalue weighted by Crippen LogP contribution is 2.22. The average molecular weight is 225 g/mol. The van der Waals surface area contributed by atoms with E-state index in [9.17, 15) is 10.2 Å². The highest BCUT2D eigenvalue weighted by Gasteiger charge is 2.25. The SMILES string of the molecule is Oc1ccc(CNC2COCC2O)c(O)c1. The van der Waals surface area contributed by atoms with Gasteiger partial charge in [-0.05, 0) is 6.07 Å². The van der Waals surface area contributed by atoms with E-state index in [0.29, 0.717) is 25.3 Å². The van der Waals surface area contributed by atoms with Gasteiger partial charge in [0.1, 0.15) is 11.5 Å². The molecule has 0 radical (unpaired) electrons. The molecule has 5 nitrogen and oxygen atoms in total. The van der Waals surface area contributed by atoms with Crippen molar-refractivity contribution < 1.29 is 20.1 Å². The van der Waals surface area contributed by atoms with Gasteiger partial charge in [-0.25, -0.2) is 0 Å². The van der Waals surface area contributed by atoms with Crippen molar-refractivity contribution in [1.82, 2.24) is 5.32 Å². The van der Waals surface area contributed by atoms with Crippen LogP contribution in [0.25, 0.3) is 0 Å². The van der Waals surface area contributed by atoms with E-state index in [1.165, 1.54) is 12.1 Å². The number of ether oxygens (including phenoxy) is 1. The molecule has 2 unspecified atom stereocenters. The lowest BCUT2D eigenvalue weighted by Gasteiger charge is -2.15. The molecule has 1 heterocycles. The Morgan fingerprint density at radius 1 is 1.31 bits per heavy atom. The van der Waals surface area contributed by atoms with Gasteiger partial charge in [0.25, 0.3) is 0 Å². The zero-order valence-corrected chi connectivity index (χ0v) is 8.76. The zero-order valence-electron chi connectivity index (χ0n) is 8.76. The summed E-state index contributed by atoms with van der Waals surface area (Å²) in [6, 6.07) is 4.34. The number of aromatic hydroxyl groups is 2. The maximum Gasteiger partial charge on any atom is 0.123 e. The second kappa shape index (κ2) is 4.69. The average Bonchev–Trinajstić information content (AvgIpc) is 2.63. The topological polar surface area (TPSA) is 82.0 Å². The van der Waals surface area contributed by atoms with Crippen molar-refractivity contribution in [3.05, 3.63) is 23.8 Å². The summed E-state index contributed by atoms with van der Waals surface area (Å²) >= 11 is 0. The summed E-state index contributed by atoms with van der Waals surface area (Å²) in [5.74, 6) is 0.0754. The molecule has 16 heavy (non-hydrogen) atoms. The molecule has 0 saturated carbocycles.